The summed E-state index contributed by atoms with van der Waals surface area (Å²) in [5.41, 5.74) is 1.07. The second kappa shape index (κ2) is 5.88. The highest BCUT2D eigenvalue weighted by Gasteiger charge is 2.59. The van der Waals surface area contributed by atoms with Gasteiger partial charge in [0.1, 0.15) is 17.8 Å². The van der Waals surface area contributed by atoms with Crippen molar-refractivity contribution < 1.29 is 14.3 Å². The van der Waals surface area contributed by atoms with E-state index < -0.39 is 0 Å². The first kappa shape index (κ1) is 15.3. The van der Waals surface area contributed by atoms with Gasteiger partial charge in [0.2, 0.25) is 0 Å². The van der Waals surface area contributed by atoms with Gasteiger partial charge in [0, 0.05) is 36.6 Å². The molecule has 1 saturated carbocycles. The Labute approximate surface area is 136 Å². The SMILES string of the molecule is COc1ccc(CN2C(=S)C[C@H](C)[C@H]3[C@H](C=O)[C@H]32)c(OC)c1. The van der Waals surface area contributed by atoms with Gasteiger partial charge >= 0.3 is 0 Å². The molecular weight excluding hydrogens is 298 g/mol. The average molecular weight is 319 g/mol. The van der Waals surface area contributed by atoms with Gasteiger partial charge in [-0.3, -0.25) is 0 Å². The lowest BCUT2D eigenvalue weighted by Gasteiger charge is -2.32. The Morgan fingerprint density at radius 3 is 2.77 bits per heavy atom. The lowest BCUT2D eigenvalue weighted by atomic mass is 9.97. The van der Waals surface area contributed by atoms with E-state index in [1.54, 1.807) is 14.2 Å². The molecule has 0 N–H and O–H groups in total. The van der Waals surface area contributed by atoms with Crippen molar-refractivity contribution in [1.82, 2.24) is 4.90 Å². The van der Waals surface area contributed by atoms with Crippen molar-refractivity contribution in [3.05, 3.63) is 23.8 Å². The zero-order valence-electron chi connectivity index (χ0n) is 13.1. The van der Waals surface area contributed by atoms with Crippen LogP contribution in [0.5, 0.6) is 11.5 Å². The molecule has 1 saturated heterocycles. The van der Waals surface area contributed by atoms with Crippen molar-refractivity contribution in [3.8, 4) is 11.5 Å². The average Bonchev–Trinajstić information content (AvgIpc) is 3.26. The molecule has 1 heterocycles. The molecule has 0 unspecified atom stereocenters. The molecule has 1 aliphatic carbocycles. The van der Waals surface area contributed by atoms with Crippen LogP contribution in [0.4, 0.5) is 0 Å². The summed E-state index contributed by atoms with van der Waals surface area (Å²) in [6.45, 7) is 2.88. The van der Waals surface area contributed by atoms with Crippen molar-refractivity contribution in [3.63, 3.8) is 0 Å². The van der Waals surface area contributed by atoms with Crippen molar-refractivity contribution in [2.75, 3.05) is 14.2 Å². The molecule has 1 aliphatic heterocycles. The first-order chi connectivity index (χ1) is 10.6. The van der Waals surface area contributed by atoms with E-state index in [0.717, 1.165) is 34.8 Å². The quantitative estimate of drug-likeness (QED) is 0.616. The van der Waals surface area contributed by atoms with Crippen LogP contribution < -0.4 is 9.47 Å². The summed E-state index contributed by atoms with van der Waals surface area (Å²) in [6.07, 6.45) is 1.98. The largest absolute Gasteiger partial charge is 0.497 e. The number of hydrogen-bond acceptors (Lipinski definition) is 4. The predicted octanol–water partition coefficient (Wildman–Crippen LogP) is 2.69. The van der Waals surface area contributed by atoms with Gasteiger partial charge in [0.05, 0.1) is 19.2 Å². The maximum Gasteiger partial charge on any atom is 0.127 e. The number of carbonyl (C=O) groups is 1. The summed E-state index contributed by atoms with van der Waals surface area (Å²) in [6, 6.07) is 6.08. The van der Waals surface area contributed by atoms with Gasteiger partial charge in [-0.15, -0.1) is 0 Å². The Kier molecular flexibility index (Phi) is 4.08. The zero-order chi connectivity index (χ0) is 15.9. The van der Waals surface area contributed by atoms with E-state index in [0.29, 0.717) is 18.4 Å². The van der Waals surface area contributed by atoms with Crippen LogP contribution in [0.3, 0.4) is 0 Å². The lowest BCUT2D eigenvalue weighted by Crippen LogP contribution is -2.38. The van der Waals surface area contributed by atoms with E-state index in [1.165, 1.54) is 0 Å². The number of hydrogen-bond donors (Lipinski definition) is 0. The van der Waals surface area contributed by atoms with Crippen LogP contribution in [-0.4, -0.2) is 36.4 Å². The number of benzene rings is 1. The van der Waals surface area contributed by atoms with E-state index in [4.69, 9.17) is 21.7 Å². The fourth-order valence-electron chi connectivity index (χ4n) is 3.70. The number of rotatable bonds is 5. The maximum absolute atomic E-state index is 11.3. The van der Waals surface area contributed by atoms with Gasteiger partial charge < -0.3 is 19.2 Å². The van der Waals surface area contributed by atoms with Gasteiger partial charge in [-0.05, 0) is 24.0 Å². The molecule has 118 valence electrons. The summed E-state index contributed by atoms with van der Waals surface area (Å²) < 4.78 is 10.7. The highest BCUT2D eigenvalue weighted by atomic mass is 32.1. The number of nitrogens with zero attached hydrogens (tertiary/aromatic N) is 1. The fourth-order valence-corrected chi connectivity index (χ4v) is 4.15. The van der Waals surface area contributed by atoms with E-state index >= 15 is 0 Å². The molecule has 0 aromatic heterocycles. The minimum atomic E-state index is 0.125. The highest BCUT2D eigenvalue weighted by Crippen LogP contribution is 2.52. The third kappa shape index (κ3) is 2.47. The first-order valence-electron chi connectivity index (χ1n) is 7.56. The molecule has 22 heavy (non-hydrogen) atoms. The summed E-state index contributed by atoms with van der Waals surface area (Å²) in [5.74, 6) is 2.64. The van der Waals surface area contributed by atoms with E-state index in [1.807, 2.05) is 18.2 Å². The van der Waals surface area contributed by atoms with Crippen LogP contribution in [0.2, 0.25) is 0 Å². The Morgan fingerprint density at radius 2 is 2.14 bits per heavy atom. The fraction of sp³-hybridized carbons (Fsp3) is 0.529. The molecule has 0 amide bonds. The van der Waals surface area contributed by atoms with Gasteiger partial charge in [-0.2, -0.15) is 0 Å². The number of fused-ring (bicyclic) bond motifs is 1. The number of aldehydes is 1. The molecular formula is C17H21NO3S. The van der Waals surface area contributed by atoms with Crippen LogP contribution in [0, 0.1) is 17.8 Å². The monoisotopic (exact) mass is 319 g/mol. The molecule has 0 bridgehead atoms. The first-order valence-corrected chi connectivity index (χ1v) is 7.97. The molecule has 0 spiro atoms. The molecule has 3 rings (SSSR count). The van der Waals surface area contributed by atoms with Crippen molar-refractivity contribution >= 4 is 23.5 Å². The van der Waals surface area contributed by atoms with Crippen LogP contribution >= 0.6 is 12.2 Å². The smallest absolute Gasteiger partial charge is 0.127 e. The normalized spacial score (nSPS) is 29.8. The van der Waals surface area contributed by atoms with E-state index in [2.05, 4.69) is 11.8 Å². The highest BCUT2D eigenvalue weighted by molar-refractivity contribution is 7.80. The number of ether oxygens (including phenoxy) is 2. The van der Waals surface area contributed by atoms with Crippen LogP contribution in [0.25, 0.3) is 0 Å². The number of thiocarbonyl (C=S) groups is 1. The van der Waals surface area contributed by atoms with Crippen LogP contribution in [0.1, 0.15) is 18.9 Å². The standard InChI is InChI=1S/C17H21NO3S/c1-10-6-15(22)18(17-13(9-19)16(10)17)8-11-4-5-12(20-2)7-14(11)21-3/h4-5,7,9-10,13,16-17H,6,8H2,1-3H3/t10-,13-,16-,17+/m0/s1. The second-order valence-corrected chi connectivity index (χ2v) is 6.63. The second-order valence-electron chi connectivity index (χ2n) is 6.16. The molecule has 5 heteroatoms. The number of likely N-dealkylation sites (tertiary alicyclic amines) is 1. The third-order valence-corrected chi connectivity index (χ3v) is 5.32. The van der Waals surface area contributed by atoms with E-state index in [9.17, 15) is 4.79 Å². The third-order valence-electron chi connectivity index (χ3n) is 4.92. The molecule has 2 aliphatic rings. The van der Waals surface area contributed by atoms with E-state index in [-0.39, 0.29) is 12.0 Å². The summed E-state index contributed by atoms with van der Waals surface area (Å²) >= 11 is 5.58. The van der Waals surface area contributed by atoms with Gasteiger partial charge in [0.15, 0.2) is 0 Å². The minimum Gasteiger partial charge on any atom is -0.497 e. The van der Waals surface area contributed by atoms with Crippen molar-refractivity contribution in [1.29, 1.82) is 0 Å². The Morgan fingerprint density at radius 1 is 1.36 bits per heavy atom. The van der Waals surface area contributed by atoms with Crippen LogP contribution in [-0.2, 0) is 11.3 Å². The summed E-state index contributed by atoms with van der Waals surface area (Å²) in [5, 5.41) is 0. The zero-order valence-corrected chi connectivity index (χ0v) is 13.9. The minimum absolute atomic E-state index is 0.125. The molecule has 4 atom stereocenters. The maximum atomic E-state index is 11.3. The summed E-state index contributed by atoms with van der Waals surface area (Å²) in [4.78, 5) is 14.4. The van der Waals surface area contributed by atoms with Gasteiger partial charge in [-0.1, -0.05) is 19.1 Å². The topological polar surface area (TPSA) is 38.8 Å². The molecule has 0 radical (unpaired) electrons. The Hall–Kier alpha value is -1.62. The van der Waals surface area contributed by atoms with Crippen molar-refractivity contribution in [2.45, 2.75) is 25.9 Å². The van der Waals surface area contributed by atoms with Gasteiger partial charge in [-0.25, -0.2) is 0 Å². The number of piperidine rings is 1. The van der Waals surface area contributed by atoms with Crippen molar-refractivity contribution in [2.24, 2.45) is 17.8 Å². The molecule has 2 fully saturated rings. The van der Waals surface area contributed by atoms with Crippen LogP contribution in [0.15, 0.2) is 18.2 Å². The molecule has 1 aromatic carbocycles. The Bertz CT molecular complexity index is 604. The number of carbonyl (C=O) groups excluding carboxylic acids is 1. The summed E-state index contributed by atoms with van der Waals surface area (Å²) in [7, 11) is 3.29. The predicted molar refractivity (Wildman–Crippen MR) is 88.3 cm³/mol. The molecule has 4 nitrogen and oxygen atoms in total. The lowest BCUT2D eigenvalue weighted by molar-refractivity contribution is -0.109. The van der Waals surface area contributed by atoms with Gasteiger partial charge in [0.25, 0.3) is 0 Å². The number of methoxy groups -OCH3 is 2. The Balaban J connectivity index is 1.83. The molecule has 1 aromatic rings.